The van der Waals surface area contributed by atoms with Crippen LogP contribution in [0.15, 0.2) is 60.9 Å². The standard InChI is InChI=1S/C20H18N6/c1-14-11-16-9-5-6-10-17(16)26(14)20-18-19(21-13-22-20)25(24-23-18)12-15-7-3-2-4-8-15/h2-10,13-14H,11-12H2,1H3/t14-/m0/s1. The smallest absolute Gasteiger partial charge is 0.184 e. The number of hydrogen-bond donors (Lipinski definition) is 0. The van der Waals surface area contributed by atoms with E-state index in [4.69, 9.17) is 0 Å². The van der Waals surface area contributed by atoms with E-state index in [0.717, 1.165) is 23.4 Å². The molecule has 0 unspecified atom stereocenters. The molecule has 6 nitrogen and oxygen atoms in total. The number of nitrogens with zero attached hydrogens (tertiary/aromatic N) is 6. The average molecular weight is 342 g/mol. The van der Waals surface area contributed by atoms with E-state index in [9.17, 15) is 0 Å². The highest BCUT2D eigenvalue weighted by Gasteiger charge is 2.30. The van der Waals surface area contributed by atoms with E-state index in [1.807, 2.05) is 22.9 Å². The van der Waals surface area contributed by atoms with Crippen LogP contribution in [0.2, 0.25) is 0 Å². The highest BCUT2D eigenvalue weighted by Crippen LogP contribution is 2.38. The molecule has 0 amide bonds. The number of rotatable bonds is 3. The van der Waals surface area contributed by atoms with Gasteiger partial charge in [0.15, 0.2) is 17.0 Å². The summed E-state index contributed by atoms with van der Waals surface area (Å²) in [5.74, 6) is 0.826. The first-order chi connectivity index (χ1) is 12.8. The molecule has 2 aromatic carbocycles. The van der Waals surface area contributed by atoms with Crippen LogP contribution in [0.4, 0.5) is 11.5 Å². The Morgan fingerprint density at radius 1 is 1.00 bits per heavy atom. The molecule has 0 saturated heterocycles. The van der Waals surface area contributed by atoms with Gasteiger partial charge in [0.05, 0.1) is 6.54 Å². The van der Waals surface area contributed by atoms with Crippen molar-refractivity contribution in [3.8, 4) is 0 Å². The van der Waals surface area contributed by atoms with E-state index >= 15 is 0 Å². The molecular weight excluding hydrogens is 324 g/mol. The van der Waals surface area contributed by atoms with Gasteiger partial charge in [0.25, 0.3) is 0 Å². The molecule has 0 spiro atoms. The zero-order chi connectivity index (χ0) is 17.5. The lowest BCUT2D eigenvalue weighted by molar-refractivity contribution is 0.664. The third kappa shape index (κ3) is 2.34. The molecule has 0 saturated carbocycles. The second-order valence-electron chi connectivity index (χ2n) is 6.65. The minimum absolute atomic E-state index is 0.324. The molecule has 26 heavy (non-hydrogen) atoms. The van der Waals surface area contributed by atoms with E-state index in [2.05, 4.69) is 68.5 Å². The van der Waals surface area contributed by atoms with Gasteiger partial charge in [0.2, 0.25) is 0 Å². The van der Waals surface area contributed by atoms with Crippen LogP contribution in [-0.4, -0.2) is 31.0 Å². The quantitative estimate of drug-likeness (QED) is 0.571. The summed E-state index contributed by atoms with van der Waals surface area (Å²) < 4.78 is 1.84. The second kappa shape index (κ2) is 5.91. The van der Waals surface area contributed by atoms with E-state index in [0.29, 0.717) is 12.6 Å². The summed E-state index contributed by atoms with van der Waals surface area (Å²) in [6.45, 7) is 2.85. The molecule has 0 fully saturated rings. The van der Waals surface area contributed by atoms with Gasteiger partial charge in [-0.2, -0.15) is 0 Å². The maximum absolute atomic E-state index is 4.56. The van der Waals surface area contributed by atoms with Gasteiger partial charge >= 0.3 is 0 Å². The maximum atomic E-state index is 4.56. The van der Waals surface area contributed by atoms with Crippen molar-refractivity contribution in [3.05, 3.63) is 72.1 Å². The van der Waals surface area contributed by atoms with Crippen molar-refractivity contribution in [1.82, 2.24) is 25.0 Å². The highest BCUT2D eigenvalue weighted by molar-refractivity contribution is 5.87. The molecule has 128 valence electrons. The van der Waals surface area contributed by atoms with Gasteiger partial charge in [-0.3, -0.25) is 0 Å². The van der Waals surface area contributed by atoms with Crippen molar-refractivity contribution in [1.29, 1.82) is 0 Å². The highest BCUT2D eigenvalue weighted by atomic mass is 15.4. The zero-order valence-electron chi connectivity index (χ0n) is 14.4. The fraction of sp³-hybridized carbons (Fsp3) is 0.200. The Morgan fingerprint density at radius 2 is 1.81 bits per heavy atom. The number of fused-ring (bicyclic) bond motifs is 2. The Labute approximate surface area is 151 Å². The Bertz CT molecular complexity index is 1070. The molecule has 0 bridgehead atoms. The Balaban J connectivity index is 1.60. The average Bonchev–Trinajstić information content (AvgIpc) is 3.23. The van der Waals surface area contributed by atoms with Gasteiger partial charge in [0.1, 0.15) is 6.33 Å². The lowest BCUT2D eigenvalue weighted by atomic mass is 10.1. The summed E-state index contributed by atoms with van der Waals surface area (Å²) in [5, 5.41) is 8.75. The predicted octanol–water partition coefficient (Wildman–Crippen LogP) is 3.35. The molecule has 6 heteroatoms. The zero-order valence-corrected chi connectivity index (χ0v) is 14.4. The van der Waals surface area contributed by atoms with Crippen molar-refractivity contribution in [2.75, 3.05) is 4.90 Å². The minimum atomic E-state index is 0.324. The number of hydrogen-bond acceptors (Lipinski definition) is 5. The molecule has 5 rings (SSSR count). The summed E-state index contributed by atoms with van der Waals surface area (Å²) in [4.78, 5) is 11.3. The molecule has 4 aromatic rings. The van der Waals surface area contributed by atoms with E-state index in [1.54, 1.807) is 6.33 Å². The first kappa shape index (κ1) is 15.0. The summed E-state index contributed by atoms with van der Waals surface area (Å²) >= 11 is 0. The van der Waals surface area contributed by atoms with Crippen molar-refractivity contribution in [2.24, 2.45) is 0 Å². The molecule has 2 aromatic heterocycles. The van der Waals surface area contributed by atoms with Crippen molar-refractivity contribution >= 4 is 22.7 Å². The summed E-state index contributed by atoms with van der Waals surface area (Å²) in [5.41, 5.74) is 5.20. The molecule has 1 atom stereocenters. The van der Waals surface area contributed by atoms with Crippen LogP contribution in [0.3, 0.4) is 0 Å². The van der Waals surface area contributed by atoms with Crippen LogP contribution in [0.1, 0.15) is 18.1 Å². The van der Waals surface area contributed by atoms with Gasteiger partial charge in [-0.1, -0.05) is 53.7 Å². The first-order valence-electron chi connectivity index (χ1n) is 8.76. The van der Waals surface area contributed by atoms with Gasteiger partial charge in [-0.15, -0.1) is 5.10 Å². The summed E-state index contributed by atoms with van der Waals surface area (Å²) in [7, 11) is 0. The van der Waals surface area contributed by atoms with E-state index in [1.165, 1.54) is 16.8 Å². The fourth-order valence-electron chi connectivity index (χ4n) is 3.71. The monoisotopic (exact) mass is 342 g/mol. The van der Waals surface area contributed by atoms with Crippen LogP contribution >= 0.6 is 0 Å². The number of aromatic nitrogens is 5. The van der Waals surface area contributed by atoms with Crippen molar-refractivity contribution in [3.63, 3.8) is 0 Å². The van der Waals surface area contributed by atoms with Gasteiger partial charge in [-0.25, -0.2) is 14.6 Å². The van der Waals surface area contributed by atoms with E-state index < -0.39 is 0 Å². The van der Waals surface area contributed by atoms with Crippen LogP contribution in [0.25, 0.3) is 11.2 Å². The molecule has 0 aliphatic carbocycles. The van der Waals surface area contributed by atoms with Crippen molar-refractivity contribution < 1.29 is 0 Å². The van der Waals surface area contributed by atoms with Crippen molar-refractivity contribution in [2.45, 2.75) is 25.9 Å². The Morgan fingerprint density at radius 3 is 2.69 bits per heavy atom. The third-order valence-corrected chi connectivity index (χ3v) is 4.89. The maximum Gasteiger partial charge on any atom is 0.184 e. The van der Waals surface area contributed by atoms with Crippen LogP contribution in [0, 0.1) is 0 Å². The molecule has 3 heterocycles. The lowest BCUT2D eigenvalue weighted by Gasteiger charge is -2.23. The van der Waals surface area contributed by atoms with E-state index in [-0.39, 0.29) is 0 Å². The van der Waals surface area contributed by atoms with Gasteiger partial charge in [-0.05, 0) is 30.5 Å². The van der Waals surface area contributed by atoms with Gasteiger partial charge in [0, 0.05) is 11.7 Å². The normalized spacial score (nSPS) is 16.2. The summed E-state index contributed by atoms with van der Waals surface area (Å²) in [6.07, 6.45) is 2.61. The summed E-state index contributed by atoms with van der Waals surface area (Å²) in [6, 6.07) is 19.0. The Kier molecular flexibility index (Phi) is 3.41. The minimum Gasteiger partial charge on any atom is -0.321 e. The number of benzene rings is 2. The molecule has 1 aliphatic heterocycles. The molecule has 0 N–H and O–H groups in total. The lowest BCUT2D eigenvalue weighted by Crippen LogP contribution is -2.25. The third-order valence-electron chi connectivity index (χ3n) is 4.89. The largest absolute Gasteiger partial charge is 0.321 e. The molecule has 0 radical (unpaired) electrons. The van der Waals surface area contributed by atoms with Crippen LogP contribution in [0.5, 0.6) is 0 Å². The number of anilines is 2. The molecular formula is C20H18N6. The topological polar surface area (TPSA) is 59.7 Å². The fourth-order valence-corrected chi connectivity index (χ4v) is 3.71. The van der Waals surface area contributed by atoms with Crippen LogP contribution < -0.4 is 4.90 Å². The number of para-hydroxylation sites is 1. The predicted molar refractivity (Wildman–Crippen MR) is 100 cm³/mol. The van der Waals surface area contributed by atoms with Gasteiger partial charge < -0.3 is 4.90 Å². The first-order valence-corrected chi connectivity index (χ1v) is 8.76. The molecule has 1 aliphatic rings. The SMILES string of the molecule is C[C@H]1Cc2ccccc2N1c1ncnc2c1nnn2Cc1ccccc1. The second-order valence-corrected chi connectivity index (χ2v) is 6.65. The Hall–Kier alpha value is -3.28. The van der Waals surface area contributed by atoms with Crippen LogP contribution in [-0.2, 0) is 13.0 Å².